The Labute approximate surface area is 150 Å². The van der Waals surface area contributed by atoms with E-state index in [9.17, 15) is 4.79 Å². The van der Waals surface area contributed by atoms with Gasteiger partial charge in [0.25, 0.3) is 0 Å². The van der Waals surface area contributed by atoms with E-state index in [-0.39, 0.29) is 12.4 Å². The summed E-state index contributed by atoms with van der Waals surface area (Å²) in [6, 6.07) is 14.1. The minimum absolute atomic E-state index is 0.235. The van der Waals surface area contributed by atoms with Crippen molar-refractivity contribution in [2.75, 3.05) is 13.7 Å². The van der Waals surface area contributed by atoms with Crippen LogP contribution in [0.1, 0.15) is 34.7 Å². The molecular weight excluding hydrogens is 312 g/mol. The Morgan fingerprint density at radius 1 is 1.12 bits per heavy atom. The largest absolute Gasteiger partial charge is 0.469 e. The smallest absolute Gasteiger partial charge is 0.310 e. The number of hydrogen-bond donors (Lipinski definition) is 0. The molecule has 0 amide bonds. The SMILES string of the molecule is CCc1cc(CC(=O)OC)c(C#CCOCc2ccccc2)cc1C. The number of carbonyl (C=O) groups is 1. The molecule has 3 nitrogen and oxygen atoms in total. The Morgan fingerprint density at radius 3 is 2.56 bits per heavy atom. The minimum atomic E-state index is -0.255. The molecule has 0 saturated heterocycles. The van der Waals surface area contributed by atoms with Gasteiger partial charge in [0.1, 0.15) is 6.61 Å². The van der Waals surface area contributed by atoms with Crippen LogP contribution in [-0.4, -0.2) is 19.7 Å². The minimum Gasteiger partial charge on any atom is -0.469 e. The number of aryl methyl sites for hydroxylation is 2. The summed E-state index contributed by atoms with van der Waals surface area (Å²) in [5, 5.41) is 0. The third kappa shape index (κ3) is 5.77. The standard InChI is InChI=1S/C22H24O3/c1-4-19-14-21(15-22(23)24-3)20(13-17(19)2)11-8-12-25-16-18-9-6-5-7-10-18/h5-7,9-10,13-14H,4,12,15-16H2,1-3H3. The molecule has 2 rings (SSSR count). The fourth-order valence-corrected chi connectivity index (χ4v) is 2.60. The predicted molar refractivity (Wildman–Crippen MR) is 99.3 cm³/mol. The van der Waals surface area contributed by atoms with Gasteiger partial charge >= 0.3 is 5.97 Å². The van der Waals surface area contributed by atoms with Crippen molar-refractivity contribution in [3.63, 3.8) is 0 Å². The van der Waals surface area contributed by atoms with Gasteiger partial charge in [-0.05, 0) is 41.7 Å². The lowest BCUT2D eigenvalue weighted by Gasteiger charge is -2.10. The van der Waals surface area contributed by atoms with E-state index in [0.29, 0.717) is 13.2 Å². The molecule has 0 fully saturated rings. The molecule has 25 heavy (non-hydrogen) atoms. The Balaban J connectivity index is 2.07. The molecule has 0 atom stereocenters. The molecule has 0 aromatic heterocycles. The number of benzene rings is 2. The summed E-state index contributed by atoms with van der Waals surface area (Å²) in [6.07, 6.45) is 1.16. The van der Waals surface area contributed by atoms with Crippen molar-refractivity contribution >= 4 is 5.97 Å². The van der Waals surface area contributed by atoms with E-state index in [4.69, 9.17) is 9.47 Å². The molecule has 2 aromatic carbocycles. The highest BCUT2D eigenvalue weighted by Crippen LogP contribution is 2.18. The predicted octanol–water partition coefficient (Wildman–Crippen LogP) is 3.84. The van der Waals surface area contributed by atoms with E-state index >= 15 is 0 Å². The first-order chi connectivity index (χ1) is 12.1. The maximum Gasteiger partial charge on any atom is 0.310 e. The fraction of sp³-hybridized carbons (Fsp3) is 0.318. The number of rotatable bonds is 6. The molecule has 0 spiro atoms. The van der Waals surface area contributed by atoms with Gasteiger partial charge in [0.05, 0.1) is 20.1 Å². The van der Waals surface area contributed by atoms with E-state index in [1.807, 2.05) is 36.4 Å². The second-order valence-electron chi connectivity index (χ2n) is 5.82. The zero-order valence-corrected chi connectivity index (χ0v) is 15.1. The summed E-state index contributed by atoms with van der Waals surface area (Å²) >= 11 is 0. The molecule has 0 radical (unpaired) electrons. The zero-order valence-electron chi connectivity index (χ0n) is 15.1. The normalized spacial score (nSPS) is 10.0. The van der Waals surface area contributed by atoms with E-state index in [1.165, 1.54) is 18.2 Å². The monoisotopic (exact) mass is 336 g/mol. The first kappa shape index (κ1) is 18.8. The van der Waals surface area contributed by atoms with Crippen molar-refractivity contribution in [3.05, 3.63) is 70.3 Å². The average molecular weight is 336 g/mol. The van der Waals surface area contributed by atoms with Crippen molar-refractivity contribution in [1.29, 1.82) is 0 Å². The number of methoxy groups -OCH3 is 1. The van der Waals surface area contributed by atoms with Crippen LogP contribution in [0.15, 0.2) is 42.5 Å². The Hall–Kier alpha value is -2.57. The van der Waals surface area contributed by atoms with Crippen LogP contribution in [0.5, 0.6) is 0 Å². The first-order valence-electron chi connectivity index (χ1n) is 8.43. The quantitative estimate of drug-likeness (QED) is 0.457. The average Bonchev–Trinajstić information content (AvgIpc) is 2.64. The van der Waals surface area contributed by atoms with Crippen LogP contribution < -0.4 is 0 Å². The van der Waals surface area contributed by atoms with Gasteiger partial charge in [-0.25, -0.2) is 0 Å². The Kier molecular flexibility index (Phi) is 7.25. The molecule has 0 unspecified atom stereocenters. The maximum atomic E-state index is 11.7. The lowest BCUT2D eigenvalue weighted by Crippen LogP contribution is -2.07. The maximum absolute atomic E-state index is 11.7. The molecule has 0 heterocycles. The van der Waals surface area contributed by atoms with Crippen LogP contribution in [0.25, 0.3) is 0 Å². The lowest BCUT2D eigenvalue weighted by molar-refractivity contribution is -0.139. The summed E-state index contributed by atoms with van der Waals surface area (Å²) in [5.74, 6) is 5.93. The molecule has 0 aliphatic carbocycles. The lowest BCUT2D eigenvalue weighted by atomic mass is 9.96. The van der Waals surface area contributed by atoms with Gasteiger partial charge in [-0.15, -0.1) is 0 Å². The number of ether oxygens (including phenoxy) is 2. The van der Waals surface area contributed by atoms with Crippen LogP contribution >= 0.6 is 0 Å². The van der Waals surface area contributed by atoms with Gasteiger partial charge in [0, 0.05) is 5.56 Å². The van der Waals surface area contributed by atoms with Crippen LogP contribution in [0.4, 0.5) is 0 Å². The van der Waals surface area contributed by atoms with Crippen LogP contribution in [0.3, 0.4) is 0 Å². The molecule has 2 aromatic rings. The van der Waals surface area contributed by atoms with Crippen LogP contribution in [-0.2, 0) is 33.7 Å². The first-order valence-corrected chi connectivity index (χ1v) is 8.43. The van der Waals surface area contributed by atoms with Crippen molar-refractivity contribution < 1.29 is 14.3 Å². The summed E-state index contributed by atoms with van der Waals surface area (Å²) in [7, 11) is 1.40. The molecule has 0 saturated carbocycles. The number of esters is 1. The molecular formula is C22H24O3. The number of hydrogen-bond acceptors (Lipinski definition) is 3. The van der Waals surface area contributed by atoms with Gasteiger partial charge in [0.2, 0.25) is 0 Å². The highest BCUT2D eigenvalue weighted by molar-refractivity contribution is 5.73. The summed E-state index contributed by atoms with van der Waals surface area (Å²) in [6.45, 7) is 5.06. The van der Waals surface area contributed by atoms with E-state index in [1.54, 1.807) is 0 Å². The molecule has 130 valence electrons. The molecule has 0 aliphatic heterocycles. The van der Waals surface area contributed by atoms with Crippen molar-refractivity contribution in [3.8, 4) is 11.8 Å². The Bertz CT molecular complexity index is 767. The second-order valence-corrected chi connectivity index (χ2v) is 5.82. The fourth-order valence-electron chi connectivity index (χ4n) is 2.60. The number of carbonyl (C=O) groups excluding carboxylic acids is 1. The third-order valence-electron chi connectivity index (χ3n) is 4.01. The van der Waals surface area contributed by atoms with Crippen LogP contribution in [0.2, 0.25) is 0 Å². The molecule has 0 N–H and O–H groups in total. The topological polar surface area (TPSA) is 35.5 Å². The second kappa shape index (κ2) is 9.66. The van der Waals surface area contributed by atoms with Crippen molar-refractivity contribution in [2.24, 2.45) is 0 Å². The summed E-state index contributed by atoms with van der Waals surface area (Å²) in [5.41, 5.74) is 5.31. The third-order valence-corrected chi connectivity index (χ3v) is 4.01. The molecule has 0 bridgehead atoms. The zero-order chi connectivity index (χ0) is 18.1. The van der Waals surface area contributed by atoms with E-state index in [0.717, 1.165) is 23.1 Å². The van der Waals surface area contributed by atoms with Crippen molar-refractivity contribution in [2.45, 2.75) is 33.3 Å². The van der Waals surface area contributed by atoms with Gasteiger partial charge in [-0.3, -0.25) is 4.79 Å². The van der Waals surface area contributed by atoms with E-state index in [2.05, 4.69) is 31.8 Å². The van der Waals surface area contributed by atoms with Gasteiger partial charge in [-0.1, -0.05) is 55.2 Å². The summed E-state index contributed by atoms with van der Waals surface area (Å²) < 4.78 is 10.4. The Morgan fingerprint density at radius 2 is 1.88 bits per heavy atom. The van der Waals surface area contributed by atoms with Gasteiger partial charge in [-0.2, -0.15) is 0 Å². The summed E-state index contributed by atoms with van der Waals surface area (Å²) in [4.78, 5) is 11.7. The highest BCUT2D eigenvalue weighted by Gasteiger charge is 2.10. The van der Waals surface area contributed by atoms with E-state index < -0.39 is 0 Å². The van der Waals surface area contributed by atoms with Gasteiger partial charge < -0.3 is 9.47 Å². The highest BCUT2D eigenvalue weighted by atomic mass is 16.5. The molecule has 3 heteroatoms. The van der Waals surface area contributed by atoms with Crippen LogP contribution in [0, 0.1) is 18.8 Å². The van der Waals surface area contributed by atoms with Crippen molar-refractivity contribution in [1.82, 2.24) is 0 Å². The molecule has 0 aliphatic rings. The van der Waals surface area contributed by atoms with Gasteiger partial charge in [0.15, 0.2) is 0 Å².